The molecule has 0 saturated heterocycles. The summed E-state index contributed by atoms with van der Waals surface area (Å²) < 4.78 is 15.4. The van der Waals surface area contributed by atoms with Crippen molar-refractivity contribution in [2.24, 2.45) is 0 Å². The second-order valence-corrected chi connectivity index (χ2v) is 7.02. The van der Waals surface area contributed by atoms with E-state index in [1.807, 2.05) is 0 Å². The summed E-state index contributed by atoms with van der Waals surface area (Å²) in [6.45, 7) is -0.507. The third-order valence-electron chi connectivity index (χ3n) is 4.36. The summed E-state index contributed by atoms with van der Waals surface area (Å²) >= 11 is 6.05. The van der Waals surface area contributed by atoms with E-state index in [1.165, 1.54) is 12.1 Å². The number of ether oxygens (including phenoxy) is 3. The Morgan fingerprint density at radius 1 is 1.14 bits per heavy atom. The fraction of sp³-hybridized carbons (Fsp3) is 0.250. The molecule has 2 N–H and O–H groups in total. The summed E-state index contributed by atoms with van der Waals surface area (Å²) in [6, 6.07) is 9.65. The molecule has 0 radical (unpaired) electrons. The van der Waals surface area contributed by atoms with Crippen LogP contribution in [0.5, 0.6) is 11.5 Å². The molecule has 0 unspecified atom stereocenters. The number of amides is 2. The van der Waals surface area contributed by atoms with Gasteiger partial charge in [0.1, 0.15) is 0 Å². The normalized spacial score (nSPS) is 14.2. The number of anilines is 1. The summed E-state index contributed by atoms with van der Waals surface area (Å²) in [6.07, 6.45) is 1.92. The molecular weight excluding hydrogens is 400 g/mol. The lowest BCUT2D eigenvalue weighted by molar-refractivity contribution is -0.119. The molecule has 0 aromatic heterocycles. The molecule has 150 valence electrons. The molecule has 2 aromatic carbocycles. The third-order valence-corrected chi connectivity index (χ3v) is 4.64. The number of carbonyl (C=O) groups excluding carboxylic acids is 3. The number of nitrogens with one attached hydrogen (secondary N) is 2. The van der Waals surface area contributed by atoms with Gasteiger partial charge in [0.05, 0.1) is 21.8 Å². The minimum Gasteiger partial charge on any atom is -0.454 e. The Balaban J connectivity index is 1.36. The Bertz CT molecular complexity index is 989. The van der Waals surface area contributed by atoms with Crippen LogP contribution >= 0.6 is 11.6 Å². The maximum Gasteiger partial charge on any atom is 0.338 e. The zero-order valence-corrected chi connectivity index (χ0v) is 16.0. The van der Waals surface area contributed by atoms with E-state index in [4.69, 9.17) is 25.8 Å². The van der Waals surface area contributed by atoms with Crippen LogP contribution in [-0.2, 0) is 9.53 Å². The van der Waals surface area contributed by atoms with Crippen molar-refractivity contribution in [3.8, 4) is 11.5 Å². The van der Waals surface area contributed by atoms with Crippen LogP contribution < -0.4 is 20.1 Å². The number of hydrogen-bond acceptors (Lipinski definition) is 6. The van der Waals surface area contributed by atoms with E-state index in [-0.39, 0.29) is 29.3 Å². The van der Waals surface area contributed by atoms with Gasteiger partial charge in [-0.25, -0.2) is 4.79 Å². The first-order chi connectivity index (χ1) is 14.0. The van der Waals surface area contributed by atoms with Crippen LogP contribution in [0.2, 0.25) is 5.02 Å². The molecule has 1 fully saturated rings. The standard InChI is InChI=1S/C20H17ClN2O6/c21-14-7-11(8-16-18(14)29-10-28-16)20(26)27-9-17(24)23-15-4-2-1-3-13(15)19(25)22-12-5-6-12/h1-4,7-8,12H,5-6,9-10H2,(H,22,25)(H,23,24). The van der Waals surface area contributed by atoms with E-state index in [9.17, 15) is 14.4 Å². The molecule has 29 heavy (non-hydrogen) atoms. The van der Waals surface area contributed by atoms with E-state index in [0.717, 1.165) is 12.8 Å². The van der Waals surface area contributed by atoms with Crippen LogP contribution in [-0.4, -0.2) is 37.2 Å². The van der Waals surface area contributed by atoms with Gasteiger partial charge in [-0.05, 0) is 37.1 Å². The van der Waals surface area contributed by atoms with Crippen molar-refractivity contribution in [3.63, 3.8) is 0 Å². The lowest BCUT2D eigenvalue weighted by atomic mass is 10.1. The smallest absolute Gasteiger partial charge is 0.338 e. The van der Waals surface area contributed by atoms with Crippen molar-refractivity contribution in [1.82, 2.24) is 5.32 Å². The van der Waals surface area contributed by atoms with Gasteiger partial charge in [-0.1, -0.05) is 23.7 Å². The van der Waals surface area contributed by atoms with Gasteiger partial charge in [-0.2, -0.15) is 0 Å². The van der Waals surface area contributed by atoms with E-state index in [1.54, 1.807) is 24.3 Å². The van der Waals surface area contributed by atoms with Gasteiger partial charge in [0.2, 0.25) is 6.79 Å². The minimum atomic E-state index is -0.736. The molecule has 2 aromatic rings. The van der Waals surface area contributed by atoms with Gasteiger partial charge in [0, 0.05) is 6.04 Å². The van der Waals surface area contributed by atoms with E-state index in [2.05, 4.69) is 10.6 Å². The Morgan fingerprint density at radius 3 is 2.72 bits per heavy atom. The summed E-state index contributed by atoms with van der Waals surface area (Å²) in [4.78, 5) is 36.7. The van der Waals surface area contributed by atoms with Gasteiger partial charge in [-0.3, -0.25) is 9.59 Å². The SMILES string of the molecule is O=C(COC(=O)c1cc(Cl)c2c(c1)OCO2)Nc1ccccc1C(=O)NC1CC1. The van der Waals surface area contributed by atoms with E-state index < -0.39 is 18.5 Å². The Hall–Kier alpha value is -3.26. The number of halogens is 1. The van der Waals surface area contributed by atoms with Crippen molar-refractivity contribution in [2.45, 2.75) is 18.9 Å². The molecule has 8 nitrogen and oxygen atoms in total. The molecule has 1 aliphatic heterocycles. The molecule has 1 saturated carbocycles. The molecule has 2 amide bonds. The molecule has 0 spiro atoms. The number of hydrogen-bond donors (Lipinski definition) is 2. The van der Waals surface area contributed by atoms with Crippen molar-refractivity contribution < 1.29 is 28.6 Å². The highest BCUT2D eigenvalue weighted by Gasteiger charge is 2.25. The average molecular weight is 417 g/mol. The number of esters is 1. The zero-order valence-electron chi connectivity index (χ0n) is 15.2. The van der Waals surface area contributed by atoms with E-state index >= 15 is 0 Å². The maximum atomic E-state index is 12.3. The number of para-hydroxylation sites is 1. The van der Waals surface area contributed by atoms with Crippen LogP contribution in [0.3, 0.4) is 0 Å². The monoisotopic (exact) mass is 416 g/mol. The summed E-state index contributed by atoms with van der Waals surface area (Å²) in [5, 5.41) is 5.68. The van der Waals surface area contributed by atoms with Crippen LogP contribution in [0.4, 0.5) is 5.69 Å². The third kappa shape index (κ3) is 4.43. The lowest BCUT2D eigenvalue weighted by Gasteiger charge is -2.11. The Kier molecular flexibility index (Phi) is 5.26. The molecule has 1 aliphatic carbocycles. The molecular formula is C20H17ClN2O6. The van der Waals surface area contributed by atoms with Crippen LogP contribution in [0.15, 0.2) is 36.4 Å². The molecule has 4 rings (SSSR count). The van der Waals surface area contributed by atoms with Gasteiger partial charge in [0.25, 0.3) is 11.8 Å². The number of fused-ring (bicyclic) bond motifs is 1. The predicted molar refractivity (Wildman–Crippen MR) is 103 cm³/mol. The number of benzene rings is 2. The Labute approximate surface area is 171 Å². The Morgan fingerprint density at radius 2 is 1.93 bits per heavy atom. The highest BCUT2D eigenvalue weighted by atomic mass is 35.5. The lowest BCUT2D eigenvalue weighted by Crippen LogP contribution is -2.28. The number of rotatable bonds is 6. The molecule has 1 heterocycles. The first-order valence-electron chi connectivity index (χ1n) is 8.97. The fourth-order valence-corrected chi connectivity index (χ4v) is 3.03. The van der Waals surface area contributed by atoms with Crippen LogP contribution in [0, 0.1) is 0 Å². The van der Waals surface area contributed by atoms with Crippen molar-refractivity contribution >= 4 is 35.1 Å². The van der Waals surface area contributed by atoms with Crippen molar-refractivity contribution in [3.05, 3.63) is 52.5 Å². The average Bonchev–Trinajstić information content (AvgIpc) is 3.38. The first-order valence-corrected chi connectivity index (χ1v) is 9.35. The van der Waals surface area contributed by atoms with Gasteiger partial charge < -0.3 is 24.8 Å². The fourth-order valence-electron chi connectivity index (χ4n) is 2.77. The molecule has 2 aliphatic rings. The number of carbonyl (C=O) groups is 3. The summed E-state index contributed by atoms with van der Waals surface area (Å²) in [5.41, 5.74) is 0.829. The first kappa shape index (κ1) is 19.1. The highest BCUT2D eigenvalue weighted by Crippen LogP contribution is 2.39. The second-order valence-electron chi connectivity index (χ2n) is 6.61. The summed E-state index contributed by atoms with van der Waals surface area (Å²) in [5.74, 6) is -0.862. The van der Waals surface area contributed by atoms with E-state index in [0.29, 0.717) is 22.7 Å². The minimum absolute atomic E-state index is 0.0176. The maximum absolute atomic E-state index is 12.3. The molecule has 0 bridgehead atoms. The largest absolute Gasteiger partial charge is 0.454 e. The van der Waals surface area contributed by atoms with Gasteiger partial charge in [0.15, 0.2) is 18.1 Å². The second kappa shape index (κ2) is 8.00. The van der Waals surface area contributed by atoms with Crippen LogP contribution in [0.25, 0.3) is 0 Å². The van der Waals surface area contributed by atoms with Crippen LogP contribution in [0.1, 0.15) is 33.6 Å². The zero-order chi connectivity index (χ0) is 20.4. The van der Waals surface area contributed by atoms with Crippen molar-refractivity contribution in [1.29, 1.82) is 0 Å². The molecule has 9 heteroatoms. The van der Waals surface area contributed by atoms with Gasteiger partial charge >= 0.3 is 5.97 Å². The summed E-state index contributed by atoms with van der Waals surface area (Å²) in [7, 11) is 0. The molecule has 0 atom stereocenters. The highest BCUT2D eigenvalue weighted by molar-refractivity contribution is 6.32. The van der Waals surface area contributed by atoms with Gasteiger partial charge in [-0.15, -0.1) is 0 Å². The topological polar surface area (TPSA) is 103 Å². The van der Waals surface area contributed by atoms with Crippen molar-refractivity contribution in [2.75, 3.05) is 18.7 Å². The predicted octanol–water partition coefficient (Wildman–Crippen LogP) is 2.76. The quantitative estimate of drug-likeness (QED) is 0.702.